The number of hydrogen-bond acceptors (Lipinski definition) is 4. The van der Waals surface area contributed by atoms with Crippen LogP contribution in [0.2, 0.25) is 0 Å². The molecule has 0 aromatic heterocycles. The van der Waals surface area contributed by atoms with Gasteiger partial charge in [0.05, 0.1) is 46.2 Å². The highest BCUT2D eigenvalue weighted by molar-refractivity contribution is 5.69. The average Bonchev–Trinajstić information content (AvgIpc) is 2.91. The lowest BCUT2D eigenvalue weighted by molar-refractivity contribution is -0.914. The molecule has 0 saturated carbocycles. The second kappa shape index (κ2) is 8.08. The topological polar surface area (TPSA) is 57.0 Å². The van der Waals surface area contributed by atoms with Gasteiger partial charge in [0, 0.05) is 25.7 Å². The van der Waals surface area contributed by atoms with Gasteiger partial charge in [0.2, 0.25) is 0 Å². The molecule has 0 radical (unpaired) electrons. The molecule has 0 spiro atoms. The molecule has 1 aliphatic heterocycles. The molecule has 1 N–H and O–H groups in total. The molecule has 5 heteroatoms. The maximum atomic E-state index is 11.2. The molecule has 1 aliphatic rings. The summed E-state index contributed by atoms with van der Waals surface area (Å²) in [4.78, 5) is 23.9. The highest BCUT2D eigenvalue weighted by atomic mass is 16.5. The fourth-order valence-corrected chi connectivity index (χ4v) is 2.58. The highest BCUT2D eigenvalue weighted by Gasteiger charge is 2.27. The highest BCUT2D eigenvalue weighted by Crippen LogP contribution is 2.06. The first kappa shape index (κ1) is 15.0. The Bertz CT molecular complexity index is 254. The summed E-state index contributed by atoms with van der Waals surface area (Å²) < 4.78 is 9.34. The van der Waals surface area contributed by atoms with Crippen molar-refractivity contribution in [2.24, 2.45) is 0 Å². The van der Waals surface area contributed by atoms with Crippen LogP contribution in [0, 0.1) is 0 Å². The fourth-order valence-electron chi connectivity index (χ4n) is 2.58. The molecular weight excluding hydrogens is 234 g/mol. The van der Waals surface area contributed by atoms with Gasteiger partial charge in [-0.15, -0.1) is 0 Å². The molecule has 104 valence electrons. The maximum Gasteiger partial charge on any atom is 0.305 e. The van der Waals surface area contributed by atoms with E-state index in [1.807, 2.05) is 0 Å². The first-order valence-electron chi connectivity index (χ1n) is 6.65. The molecule has 0 unspecified atom stereocenters. The van der Waals surface area contributed by atoms with Crippen LogP contribution in [0.3, 0.4) is 0 Å². The number of esters is 2. The lowest BCUT2D eigenvalue weighted by Crippen LogP contribution is -3.14. The fraction of sp³-hybridized carbons (Fsp3) is 0.846. The molecule has 0 aromatic rings. The standard InChI is InChI=1S/C13H23NO4/c1-17-12(15)7-5-11(6-8-13(16)18-2)14-9-3-4-10-14/h11H,3-10H2,1-2H3/p+1. The Morgan fingerprint density at radius 1 is 1.00 bits per heavy atom. The molecule has 0 bridgehead atoms. The minimum absolute atomic E-state index is 0.170. The number of carbonyl (C=O) groups excluding carboxylic acids is 2. The van der Waals surface area contributed by atoms with Crippen LogP contribution in [0.25, 0.3) is 0 Å². The Balaban J connectivity index is 2.40. The van der Waals surface area contributed by atoms with Crippen molar-refractivity contribution in [3.05, 3.63) is 0 Å². The zero-order chi connectivity index (χ0) is 13.4. The van der Waals surface area contributed by atoms with Crippen molar-refractivity contribution in [1.82, 2.24) is 0 Å². The first-order valence-corrected chi connectivity index (χ1v) is 6.65. The van der Waals surface area contributed by atoms with Crippen LogP contribution in [0.1, 0.15) is 38.5 Å². The number of rotatable bonds is 7. The van der Waals surface area contributed by atoms with Crippen LogP contribution in [-0.2, 0) is 19.1 Å². The molecule has 1 heterocycles. The quantitative estimate of drug-likeness (QED) is 0.650. The third-order valence-corrected chi connectivity index (χ3v) is 3.67. The maximum absolute atomic E-state index is 11.2. The number of likely N-dealkylation sites (tertiary alicyclic amines) is 1. The van der Waals surface area contributed by atoms with E-state index >= 15 is 0 Å². The third-order valence-electron chi connectivity index (χ3n) is 3.67. The summed E-state index contributed by atoms with van der Waals surface area (Å²) in [6.45, 7) is 2.29. The largest absolute Gasteiger partial charge is 0.469 e. The SMILES string of the molecule is COC(=O)CCC(CCC(=O)OC)[NH+]1CCCC1. The van der Waals surface area contributed by atoms with Crippen LogP contribution in [0.15, 0.2) is 0 Å². The zero-order valence-electron chi connectivity index (χ0n) is 11.4. The van der Waals surface area contributed by atoms with E-state index in [1.165, 1.54) is 32.0 Å². The summed E-state index contributed by atoms with van der Waals surface area (Å²) in [5.41, 5.74) is 0. The first-order chi connectivity index (χ1) is 8.67. The van der Waals surface area contributed by atoms with E-state index in [1.54, 1.807) is 0 Å². The summed E-state index contributed by atoms with van der Waals surface area (Å²) in [6, 6.07) is 0.366. The van der Waals surface area contributed by atoms with Crippen molar-refractivity contribution < 1.29 is 24.0 Å². The van der Waals surface area contributed by atoms with Crippen molar-refractivity contribution in [2.75, 3.05) is 27.3 Å². The van der Waals surface area contributed by atoms with Crippen molar-refractivity contribution in [2.45, 2.75) is 44.6 Å². The second-order valence-corrected chi connectivity index (χ2v) is 4.79. The van der Waals surface area contributed by atoms with Crippen LogP contribution in [0.4, 0.5) is 0 Å². The van der Waals surface area contributed by atoms with Gasteiger partial charge in [-0.05, 0) is 0 Å². The minimum Gasteiger partial charge on any atom is -0.469 e. The van der Waals surface area contributed by atoms with E-state index in [2.05, 4.69) is 9.47 Å². The summed E-state index contributed by atoms with van der Waals surface area (Å²) in [5.74, 6) is -0.340. The number of carbonyl (C=O) groups is 2. The van der Waals surface area contributed by atoms with Crippen molar-refractivity contribution >= 4 is 11.9 Å². The molecule has 1 saturated heterocycles. The number of methoxy groups -OCH3 is 2. The summed E-state index contributed by atoms with van der Waals surface area (Å²) in [5, 5.41) is 0. The number of quaternary nitrogens is 1. The van der Waals surface area contributed by atoms with Gasteiger partial charge < -0.3 is 14.4 Å². The van der Waals surface area contributed by atoms with Crippen LogP contribution >= 0.6 is 0 Å². The molecule has 5 nitrogen and oxygen atoms in total. The van der Waals surface area contributed by atoms with Gasteiger partial charge in [0.15, 0.2) is 0 Å². The molecule has 0 atom stereocenters. The van der Waals surface area contributed by atoms with Crippen molar-refractivity contribution in [3.8, 4) is 0 Å². The van der Waals surface area contributed by atoms with Gasteiger partial charge in [-0.2, -0.15) is 0 Å². The predicted molar refractivity (Wildman–Crippen MR) is 66.2 cm³/mol. The van der Waals surface area contributed by atoms with Crippen molar-refractivity contribution in [1.29, 1.82) is 0 Å². The van der Waals surface area contributed by atoms with E-state index in [-0.39, 0.29) is 11.9 Å². The molecule has 1 rings (SSSR count). The summed E-state index contributed by atoms with van der Waals surface area (Å²) in [7, 11) is 2.82. The molecule has 0 aromatic carbocycles. The van der Waals surface area contributed by atoms with Gasteiger partial charge in [0.25, 0.3) is 0 Å². The molecular formula is C13H24NO4+. The van der Waals surface area contributed by atoms with E-state index in [0.717, 1.165) is 25.9 Å². The third kappa shape index (κ3) is 5.04. The number of hydrogen-bond donors (Lipinski definition) is 1. The van der Waals surface area contributed by atoms with E-state index in [0.29, 0.717) is 18.9 Å². The van der Waals surface area contributed by atoms with Gasteiger partial charge in [-0.1, -0.05) is 0 Å². The Morgan fingerprint density at radius 3 is 1.83 bits per heavy atom. The Hall–Kier alpha value is -1.10. The Kier molecular flexibility index (Phi) is 6.72. The summed E-state index contributed by atoms with van der Waals surface area (Å²) in [6.07, 6.45) is 4.93. The average molecular weight is 258 g/mol. The van der Waals surface area contributed by atoms with E-state index < -0.39 is 0 Å². The van der Waals surface area contributed by atoms with E-state index in [4.69, 9.17) is 0 Å². The Labute approximate surface area is 108 Å². The van der Waals surface area contributed by atoms with Gasteiger partial charge >= 0.3 is 11.9 Å². The van der Waals surface area contributed by atoms with Gasteiger partial charge in [0.1, 0.15) is 0 Å². The molecule has 18 heavy (non-hydrogen) atoms. The van der Waals surface area contributed by atoms with Crippen LogP contribution in [0.5, 0.6) is 0 Å². The van der Waals surface area contributed by atoms with Crippen molar-refractivity contribution in [3.63, 3.8) is 0 Å². The number of nitrogens with one attached hydrogen (secondary N) is 1. The lowest BCUT2D eigenvalue weighted by atomic mass is 10.0. The zero-order valence-corrected chi connectivity index (χ0v) is 11.4. The monoisotopic (exact) mass is 258 g/mol. The van der Waals surface area contributed by atoms with Crippen LogP contribution < -0.4 is 4.90 Å². The molecule has 1 fully saturated rings. The molecule has 0 aliphatic carbocycles. The number of ether oxygens (including phenoxy) is 2. The minimum atomic E-state index is -0.170. The van der Waals surface area contributed by atoms with Gasteiger partial charge in [-0.3, -0.25) is 9.59 Å². The van der Waals surface area contributed by atoms with Crippen LogP contribution in [-0.4, -0.2) is 45.3 Å². The predicted octanol–water partition coefficient (Wildman–Crippen LogP) is -0.0599. The Morgan fingerprint density at radius 2 is 1.44 bits per heavy atom. The lowest BCUT2D eigenvalue weighted by Gasteiger charge is -2.24. The van der Waals surface area contributed by atoms with E-state index in [9.17, 15) is 9.59 Å². The summed E-state index contributed by atoms with van der Waals surface area (Å²) >= 11 is 0. The van der Waals surface area contributed by atoms with Gasteiger partial charge in [-0.25, -0.2) is 0 Å². The smallest absolute Gasteiger partial charge is 0.305 e. The second-order valence-electron chi connectivity index (χ2n) is 4.79. The normalized spacial score (nSPS) is 15.9. The molecule has 0 amide bonds.